The van der Waals surface area contributed by atoms with Gasteiger partial charge < -0.3 is 19.1 Å². The van der Waals surface area contributed by atoms with Crippen LogP contribution >= 0.6 is 0 Å². The predicted octanol–water partition coefficient (Wildman–Crippen LogP) is 2.98. The summed E-state index contributed by atoms with van der Waals surface area (Å²) in [5.41, 5.74) is -0.479. The van der Waals surface area contributed by atoms with Crippen LogP contribution in [0.3, 0.4) is 0 Å². The molecule has 0 saturated carbocycles. The predicted molar refractivity (Wildman–Crippen MR) is 79.6 cm³/mol. The Kier molecular flexibility index (Phi) is 8.72. The first-order chi connectivity index (χ1) is 9.26. The zero-order valence-electron chi connectivity index (χ0n) is 13.3. The van der Waals surface area contributed by atoms with E-state index in [1.165, 1.54) is 4.90 Å². The normalized spacial score (nSPS) is 11.4. The zero-order valence-corrected chi connectivity index (χ0v) is 13.3. The molecule has 0 unspecified atom stereocenters. The summed E-state index contributed by atoms with van der Waals surface area (Å²) in [4.78, 5) is 13.1. The van der Waals surface area contributed by atoms with Gasteiger partial charge in [-0.05, 0) is 33.8 Å². The summed E-state index contributed by atoms with van der Waals surface area (Å²) < 4.78 is 15.9. The molecule has 0 aromatic heterocycles. The fourth-order valence-corrected chi connectivity index (χ4v) is 1.20. The highest BCUT2D eigenvalue weighted by Gasteiger charge is 2.19. The van der Waals surface area contributed by atoms with Gasteiger partial charge in [0.2, 0.25) is 0 Å². The Morgan fingerprint density at radius 2 is 1.90 bits per heavy atom. The van der Waals surface area contributed by atoms with Crippen molar-refractivity contribution in [2.45, 2.75) is 33.3 Å². The summed E-state index contributed by atoms with van der Waals surface area (Å²) in [7, 11) is 1.68. The fourth-order valence-electron chi connectivity index (χ4n) is 1.20. The van der Waals surface area contributed by atoms with E-state index in [0.717, 1.165) is 0 Å². The van der Waals surface area contributed by atoms with Gasteiger partial charge in [-0.3, -0.25) is 0 Å². The second-order valence-electron chi connectivity index (χ2n) is 5.33. The van der Waals surface area contributed by atoms with Crippen LogP contribution < -0.4 is 0 Å². The summed E-state index contributed by atoms with van der Waals surface area (Å²) >= 11 is 0. The highest BCUT2D eigenvalue weighted by molar-refractivity contribution is 5.67. The van der Waals surface area contributed by atoms with Gasteiger partial charge in [-0.2, -0.15) is 0 Å². The molecular weight excluding hydrogens is 258 g/mol. The molecule has 0 aromatic rings. The Balaban J connectivity index is 3.65. The van der Waals surface area contributed by atoms with E-state index in [9.17, 15) is 4.79 Å². The topological polar surface area (TPSA) is 48.0 Å². The Hall–Kier alpha value is -1.49. The van der Waals surface area contributed by atoms with Crippen LogP contribution in [0.4, 0.5) is 4.79 Å². The van der Waals surface area contributed by atoms with E-state index < -0.39 is 5.60 Å². The molecule has 0 aromatic carbocycles. The standard InChI is InChI=1S/C15H27NO4/c1-7-8-13(2)19-12-11-18-10-9-16(6)14(17)20-15(3,4)5/h7-8H,2,9-12H2,1,3-6H3. The average molecular weight is 285 g/mol. The first-order valence-corrected chi connectivity index (χ1v) is 6.72. The van der Waals surface area contributed by atoms with Gasteiger partial charge in [0.1, 0.15) is 18.0 Å². The van der Waals surface area contributed by atoms with Gasteiger partial charge >= 0.3 is 6.09 Å². The molecule has 1 amide bonds. The molecule has 0 rings (SSSR count). The third kappa shape index (κ3) is 10.4. The summed E-state index contributed by atoms with van der Waals surface area (Å²) in [5.74, 6) is 0.613. The van der Waals surface area contributed by atoms with Gasteiger partial charge in [-0.1, -0.05) is 12.7 Å². The van der Waals surface area contributed by atoms with Gasteiger partial charge in [0.25, 0.3) is 0 Å². The van der Waals surface area contributed by atoms with Crippen LogP contribution in [-0.4, -0.2) is 50.0 Å². The lowest BCUT2D eigenvalue weighted by Gasteiger charge is -2.24. The van der Waals surface area contributed by atoms with Crippen LogP contribution in [0.2, 0.25) is 0 Å². The molecule has 0 saturated heterocycles. The molecule has 0 N–H and O–H groups in total. The van der Waals surface area contributed by atoms with Gasteiger partial charge in [0.05, 0.1) is 13.2 Å². The number of carbonyl (C=O) groups is 1. The van der Waals surface area contributed by atoms with Crippen LogP contribution in [0, 0.1) is 0 Å². The van der Waals surface area contributed by atoms with Gasteiger partial charge in [0, 0.05) is 13.6 Å². The van der Waals surface area contributed by atoms with Crippen molar-refractivity contribution in [3.8, 4) is 0 Å². The average Bonchev–Trinajstić information content (AvgIpc) is 2.31. The van der Waals surface area contributed by atoms with Gasteiger partial charge in [-0.15, -0.1) is 0 Å². The minimum absolute atomic E-state index is 0.348. The maximum Gasteiger partial charge on any atom is 0.410 e. The number of hydrogen-bond acceptors (Lipinski definition) is 4. The molecule has 0 bridgehead atoms. The van der Waals surface area contributed by atoms with Crippen LogP contribution in [-0.2, 0) is 14.2 Å². The first-order valence-electron chi connectivity index (χ1n) is 6.72. The number of ether oxygens (including phenoxy) is 3. The van der Waals surface area contributed by atoms with Crippen LogP contribution in [0.15, 0.2) is 24.5 Å². The molecule has 0 radical (unpaired) electrons. The van der Waals surface area contributed by atoms with Crippen molar-refractivity contribution in [2.24, 2.45) is 0 Å². The van der Waals surface area contributed by atoms with Crippen LogP contribution in [0.25, 0.3) is 0 Å². The van der Waals surface area contributed by atoms with Crippen molar-refractivity contribution < 1.29 is 19.0 Å². The second kappa shape index (κ2) is 9.42. The largest absolute Gasteiger partial charge is 0.492 e. The number of hydrogen-bond donors (Lipinski definition) is 0. The number of nitrogens with zero attached hydrogens (tertiary/aromatic N) is 1. The Labute approximate surface area is 122 Å². The quantitative estimate of drug-likeness (QED) is 0.391. The highest BCUT2D eigenvalue weighted by atomic mass is 16.6. The maximum absolute atomic E-state index is 11.6. The van der Waals surface area contributed by atoms with E-state index in [-0.39, 0.29) is 6.09 Å². The van der Waals surface area contributed by atoms with E-state index in [4.69, 9.17) is 14.2 Å². The molecule has 0 spiro atoms. The lowest BCUT2D eigenvalue weighted by molar-refractivity contribution is 0.0201. The molecule has 0 fully saturated rings. The summed E-state index contributed by atoms with van der Waals surface area (Å²) in [5, 5.41) is 0. The molecule has 5 heteroatoms. The van der Waals surface area contributed by atoms with Crippen molar-refractivity contribution in [1.29, 1.82) is 0 Å². The van der Waals surface area contributed by atoms with Gasteiger partial charge in [0.15, 0.2) is 0 Å². The molecule has 0 atom stereocenters. The third-order valence-corrected chi connectivity index (χ3v) is 2.14. The zero-order chi connectivity index (χ0) is 15.6. The lowest BCUT2D eigenvalue weighted by Crippen LogP contribution is -2.36. The SMILES string of the molecule is C=C(C=CC)OCCOCCN(C)C(=O)OC(C)(C)C. The Morgan fingerprint density at radius 3 is 2.45 bits per heavy atom. The van der Waals surface area contributed by atoms with Crippen LogP contribution in [0.5, 0.6) is 0 Å². The summed E-state index contributed by atoms with van der Waals surface area (Å²) in [6.07, 6.45) is 3.30. The summed E-state index contributed by atoms with van der Waals surface area (Å²) in [6.45, 7) is 12.9. The van der Waals surface area contributed by atoms with E-state index in [0.29, 0.717) is 32.1 Å². The number of amides is 1. The third-order valence-electron chi connectivity index (χ3n) is 2.14. The van der Waals surface area contributed by atoms with Crippen LogP contribution in [0.1, 0.15) is 27.7 Å². The molecule has 116 valence electrons. The van der Waals surface area contributed by atoms with Crippen molar-refractivity contribution in [3.63, 3.8) is 0 Å². The van der Waals surface area contributed by atoms with E-state index in [2.05, 4.69) is 6.58 Å². The monoisotopic (exact) mass is 285 g/mol. The molecule has 5 nitrogen and oxygen atoms in total. The van der Waals surface area contributed by atoms with Crippen molar-refractivity contribution in [1.82, 2.24) is 4.90 Å². The molecule has 0 aliphatic heterocycles. The van der Waals surface area contributed by atoms with Crippen molar-refractivity contribution in [2.75, 3.05) is 33.4 Å². The molecular formula is C15H27NO4. The smallest absolute Gasteiger partial charge is 0.410 e. The number of likely N-dealkylation sites (N-methyl/N-ethyl adjacent to an activating group) is 1. The van der Waals surface area contributed by atoms with Crippen molar-refractivity contribution >= 4 is 6.09 Å². The fraction of sp³-hybridized carbons (Fsp3) is 0.667. The molecule has 0 aliphatic carbocycles. The Bertz CT molecular complexity index is 331. The lowest BCUT2D eigenvalue weighted by atomic mass is 10.2. The van der Waals surface area contributed by atoms with Crippen molar-refractivity contribution in [3.05, 3.63) is 24.5 Å². The maximum atomic E-state index is 11.6. The molecule has 20 heavy (non-hydrogen) atoms. The highest BCUT2D eigenvalue weighted by Crippen LogP contribution is 2.08. The Morgan fingerprint density at radius 1 is 1.25 bits per heavy atom. The minimum Gasteiger partial charge on any atom is -0.492 e. The number of carbonyl (C=O) groups excluding carboxylic acids is 1. The summed E-state index contributed by atoms with van der Waals surface area (Å²) in [6, 6.07) is 0. The molecule has 0 aliphatic rings. The van der Waals surface area contributed by atoms with E-state index >= 15 is 0 Å². The van der Waals surface area contributed by atoms with Gasteiger partial charge in [-0.25, -0.2) is 4.79 Å². The molecule has 0 heterocycles. The number of allylic oxidation sites excluding steroid dienone is 2. The second-order valence-corrected chi connectivity index (χ2v) is 5.33. The van der Waals surface area contributed by atoms with E-state index in [1.54, 1.807) is 13.1 Å². The van der Waals surface area contributed by atoms with E-state index in [1.807, 2.05) is 33.8 Å². The first kappa shape index (κ1) is 18.5. The minimum atomic E-state index is -0.479. The number of rotatable bonds is 8.